The van der Waals surface area contributed by atoms with Crippen molar-refractivity contribution < 1.29 is 30.3 Å². The quantitative estimate of drug-likeness (QED) is 0.554. The van der Waals surface area contributed by atoms with E-state index in [1.165, 1.54) is 6.92 Å². The Morgan fingerprint density at radius 3 is 2.00 bits per heavy atom. The number of hydrogen-bond acceptors (Lipinski definition) is 6. The number of rotatable bonds is 6. The van der Waals surface area contributed by atoms with Crippen molar-refractivity contribution in [2.45, 2.75) is 16.7 Å². The standard InChI is InChI=1S/C11H14FNO6S2/c1-3-13(8-11(14)19-2)21(17,18)10-6-4-9(5-7-10)20(12,15)16/h4-7H,3,8H2,1-2H3. The van der Waals surface area contributed by atoms with Crippen molar-refractivity contribution >= 4 is 26.2 Å². The minimum absolute atomic E-state index is 0.0145. The average molecular weight is 339 g/mol. The molecule has 0 radical (unpaired) electrons. The molecule has 1 aromatic rings. The fourth-order valence-electron chi connectivity index (χ4n) is 1.50. The summed E-state index contributed by atoms with van der Waals surface area (Å²) in [5, 5.41) is 0. The highest BCUT2D eigenvalue weighted by Gasteiger charge is 2.26. The maximum Gasteiger partial charge on any atom is 0.332 e. The van der Waals surface area contributed by atoms with Crippen LogP contribution in [-0.4, -0.2) is 47.3 Å². The molecule has 0 aromatic heterocycles. The van der Waals surface area contributed by atoms with Gasteiger partial charge in [-0.2, -0.15) is 12.7 Å². The molecule has 0 amide bonds. The molecule has 0 N–H and O–H groups in total. The van der Waals surface area contributed by atoms with Crippen molar-refractivity contribution in [3.05, 3.63) is 24.3 Å². The van der Waals surface area contributed by atoms with Gasteiger partial charge in [0.1, 0.15) is 6.54 Å². The molecule has 0 saturated carbocycles. The van der Waals surface area contributed by atoms with E-state index in [1.54, 1.807) is 0 Å². The first-order chi connectivity index (χ1) is 9.62. The molecule has 10 heteroatoms. The van der Waals surface area contributed by atoms with Crippen LogP contribution in [0.25, 0.3) is 0 Å². The topological polar surface area (TPSA) is 97.8 Å². The van der Waals surface area contributed by atoms with Gasteiger partial charge in [-0.15, -0.1) is 3.89 Å². The Hall–Kier alpha value is -1.52. The summed E-state index contributed by atoms with van der Waals surface area (Å²) in [6.45, 7) is 1.07. The molecule has 0 aliphatic carbocycles. The zero-order valence-corrected chi connectivity index (χ0v) is 12.9. The number of nitrogens with zero attached hydrogens (tertiary/aromatic N) is 1. The minimum atomic E-state index is -4.90. The Kier molecular flexibility index (Phi) is 5.42. The monoisotopic (exact) mass is 339 g/mol. The van der Waals surface area contributed by atoms with Gasteiger partial charge in [0.25, 0.3) is 0 Å². The molecule has 7 nitrogen and oxygen atoms in total. The van der Waals surface area contributed by atoms with E-state index >= 15 is 0 Å². The lowest BCUT2D eigenvalue weighted by atomic mass is 10.4. The van der Waals surface area contributed by atoms with E-state index in [0.717, 1.165) is 35.7 Å². The average Bonchev–Trinajstić information content (AvgIpc) is 2.43. The van der Waals surface area contributed by atoms with Crippen LogP contribution in [0.5, 0.6) is 0 Å². The van der Waals surface area contributed by atoms with E-state index in [2.05, 4.69) is 4.74 Å². The predicted octanol–water partition coefficient (Wildman–Crippen LogP) is 0.528. The highest BCUT2D eigenvalue weighted by atomic mass is 32.3. The van der Waals surface area contributed by atoms with E-state index in [0.29, 0.717) is 0 Å². The Balaban J connectivity index is 3.14. The molecule has 21 heavy (non-hydrogen) atoms. The molecule has 1 aromatic carbocycles. The van der Waals surface area contributed by atoms with Gasteiger partial charge in [-0.3, -0.25) is 4.79 Å². The fraction of sp³-hybridized carbons (Fsp3) is 0.364. The van der Waals surface area contributed by atoms with Crippen LogP contribution < -0.4 is 0 Å². The van der Waals surface area contributed by atoms with Crippen LogP contribution in [0.2, 0.25) is 0 Å². The highest BCUT2D eigenvalue weighted by molar-refractivity contribution is 7.89. The largest absolute Gasteiger partial charge is 0.468 e. The van der Waals surface area contributed by atoms with E-state index in [4.69, 9.17) is 0 Å². The number of likely N-dealkylation sites (N-methyl/N-ethyl adjacent to an activating group) is 1. The van der Waals surface area contributed by atoms with Crippen LogP contribution in [0.3, 0.4) is 0 Å². The van der Waals surface area contributed by atoms with Gasteiger partial charge in [0.2, 0.25) is 10.0 Å². The number of esters is 1. The van der Waals surface area contributed by atoms with Gasteiger partial charge in [0.15, 0.2) is 0 Å². The molecule has 1 rings (SSSR count). The van der Waals surface area contributed by atoms with Gasteiger partial charge in [0, 0.05) is 6.54 Å². The van der Waals surface area contributed by atoms with Crippen molar-refractivity contribution in [2.75, 3.05) is 20.2 Å². The molecular weight excluding hydrogens is 325 g/mol. The first-order valence-corrected chi connectivity index (χ1v) is 8.57. The Labute approximate surface area is 122 Å². The van der Waals surface area contributed by atoms with E-state index in [9.17, 15) is 25.5 Å². The second kappa shape index (κ2) is 6.50. The molecule has 0 unspecified atom stereocenters. The molecule has 0 bridgehead atoms. The fourth-order valence-corrected chi connectivity index (χ4v) is 3.35. The normalized spacial score (nSPS) is 12.4. The van der Waals surface area contributed by atoms with E-state index in [-0.39, 0.29) is 11.4 Å². The third-order valence-corrected chi connectivity index (χ3v) is 5.40. The maximum atomic E-state index is 12.7. The number of carbonyl (C=O) groups excluding carboxylic acids is 1. The third-order valence-electron chi connectivity index (χ3n) is 2.63. The molecule has 118 valence electrons. The van der Waals surface area contributed by atoms with Crippen molar-refractivity contribution in [3.63, 3.8) is 0 Å². The second-order valence-corrected chi connectivity index (χ2v) is 7.20. The van der Waals surface area contributed by atoms with E-state index in [1.807, 2.05) is 0 Å². The molecule has 0 aliphatic rings. The van der Waals surface area contributed by atoms with Crippen LogP contribution in [0.4, 0.5) is 3.89 Å². The molecule has 0 fully saturated rings. The highest BCUT2D eigenvalue weighted by Crippen LogP contribution is 2.19. The molecule has 0 saturated heterocycles. The van der Waals surface area contributed by atoms with Crippen LogP contribution in [0, 0.1) is 0 Å². The SMILES string of the molecule is CCN(CC(=O)OC)S(=O)(=O)c1ccc(S(=O)(=O)F)cc1. The summed E-state index contributed by atoms with van der Waals surface area (Å²) in [4.78, 5) is 10.3. The lowest BCUT2D eigenvalue weighted by molar-refractivity contribution is -0.140. The Morgan fingerprint density at radius 2 is 1.62 bits per heavy atom. The van der Waals surface area contributed by atoms with Gasteiger partial charge in [-0.1, -0.05) is 6.92 Å². The summed E-state index contributed by atoms with van der Waals surface area (Å²) < 4.78 is 63.9. The smallest absolute Gasteiger partial charge is 0.332 e. The molecule has 0 heterocycles. The van der Waals surface area contributed by atoms with Gasteiger partial charge in [-0.05, 0) is 24.3 Å². The summed E-state index contributed by atoms with van der Waals surface area (Å²) in [7, 11) is -7.77. The van der Waals surface area contributed by atoms with Crippen molar-refractivity contribution in [1.82, 2.24) is 4.31 Å². The molecule has 0 aliphatic heterocycles. The lowest BCUT2D eigenvalue weighted by Gasteiger charge is -2.19. The predicted molar refractivity (Wildman–Crippen MR) is 71.2 cm³/mol. The first kappa shape index (κ1) is 17.5. The maximum absolute atomic E-state index is 12.7. The third kappa shape index (κ3) is 4.22. The number of sulfonamides is 1. The zero-order valence-electron chi connectivity index (χ0n) is 11.3. The van der Waals surface area contributed by atoms with Gasteiger partial charge < -0.3 is 4.74 Å². The summed E-state index contributed by atoms with van der Waals surface area (Å²) in [5.74, 6) is -0.733. The van der Waals surface area contributed by atoms with Gasteiger partial charge in [-0.25, -0.2) is 8.42 Å². The number of ether oxygens (including phenoxy) is 1. The second-order valence-electron chi connectivity index (χ2n) is 3.92. The molecular formula is C11H14FNO6S2. The minimum Gasteiger partial charge on any atom is -0.468 e. The number of hydrogen-bond donors (Lipinski definition) is 0. The summed E-state index contributed by atoms with van der Waals surface area (Å²) in [5.41, 5.74) is 0. The van der Waals surface area contributed by atoms with Gasteiger partial charge >= 0.3 is 16.2 Å². The molecule has 0 spiro atoms. The number of carbonyl (C=O) groups is 1. The van der Waals surface area contributed by atoms with E-state index < -0.39 is 37.7 Å². The van der Waals surface area contributed by atoms with Crippen molar-refractivity contribution in [2.24, 2.45) is 0 Å². The van der Waals surface area contributed by atoms with Crippen LogP contribution in [-0.2, 0) is 29.8 Å². The van der Waals surface area contributed by atoms with Crippen LogP contribution in [0.1, 0.15) is 6.92 Å². The van der Waals surface area contributed by atoms with Gasteiger partial charge in [0.05, 0.1) is 16.9 Å². The summed E-state index contributed by atoms with van der Waals surface area (Å²) >= 11 is 0. The van der Waals surface area contributed by atoms with Crippen LogP contribution >= 0.6 is 0 Å². The first-order valence-electron chi connectivity index (χ1n) is 5.74. The number of halogens is 1. The lowest BCUT2D eigenvalue weighted by Crippen LogP contribution is -2.36. The van der Waals surface area contributed by atoms with Crippen molar-refractivity contribution in [1.29, 1.82) is 0 Å². The zero-order chi connectivity index (χ0) is 16.3. The van der Waals surface area contributed by atoms with Crippen molar-refractivity contribution in [3.8, 4) is 0 Å². The Bertz CT molecular complexity index is 712. The summed E-state index contributed by atoms with van der Waals surface area (Å²) in [6.07, 6.45) is 0. The molecule has 0 atom stereocenters. The summed E-state index contributed by atoms with van der Waals surface area (Å²) in [6, 6.07) is 3.60. The van der Waals surface area contributed by atoms with Crippen LogP contribution in [0.15, 0.2) is 34.1 Å². The number of methoxy groups -OCH3 is 1. The number of benzene rings is 1. The Morgan fingerprint density at radius 1 is 1.14 bits per heavy atom.